The number of para-hydroxylation sites is 3. The van der Waals surface area contributed by atoms with Gasteiger partial charge in [-0.1, -0.05) is 54.6 Å². The van der Waals surface area contributed by atoms with Crippen molar-refractivity contribution in [2.45, 2.75) is 13.0 Å². The average molecular weight is 439 g/mol. The molecule has 1 unspecified atom stereocenters. The predicted molar refractivity (Wildman–Crippen MR) is 125 cm³/mol. The Labute approximate surface area is 190 Å². The number of Topliss-reactive ketones (excluding diaryl/α,β-unsaturated/α-hetero) is 1. The highest BCUT2D eigenvalue weighted by molar-refractivity contribution is 6.21. The molecule has 164 valence electrons. The second-order valence-electron chi connectivity index (χ2n) is 7.85. The third kappa shape index (κ3) is 3.27. The van der Waals surface area contributed by atoms with Crippen molar-refractivity contribution < 1.29 is 23.8 Å². The van der Waals surface area contributed by atoms with Gasteiger partial charge in [-0.2, -0.15) is 0 Å². The van der Waals surface area contributed by atoms with Gasteiger partial charge in [-0.25, -0.2) is 0 Å². The molecule has 4 aromatic rings. The molecule has 1 N–H and O–H groups in total. The molecule has 0 saturated carbocycles. The maximum Gasteiger partial charge on any atom is 0.294 e. The van der Waals surface area contributed by atoms with Crippen LogP contribution in [0, 0.1) is 6.92 Å². The summed E-state index contributed by atoms with van der Waals surface area (Å²) in [7, 11) is 1.53. The van der Waals surface area contributed by atoms with E-state index in [4.69, 9.17) is 9.15 Å². The fraction of sp³-hybridized carbons (Fsp3) is 0.111. The molecule has 3 aromatic carbocycles. The van der Waals surface area contributed by atoms with Gasteiger partial charge < -0.3 is 14.3 Å². The normalized spacial score (nSPS) is 16.0. The van der Waals surface area contributed by atoms with Crippen molar-refractivity contribution in [3.05, 3.63) is 107 Å². The van der Waals surface area contributed by atoms with Gasteiger partial charge in [0, 0.05) is 16.6 Å². The molecule has 6 nitrogen and oxygen atoms in total. The number of hydrogen-bond acceptors (Lipinski definition) is 5. The van der Waals surface area contributed by atoms with E-state index < -0.39 is 23.5 Å². The number of ether oxygens (including phenoxy) is 1. The van der Waals surface area contributed by atoms with Crippen molar-refractivity contribution in [2.75, 3.05) is 12.0 Å². The summed E-state index contributed by atoms with van der Waals surface area (Å²) in [6, 6.07) is 22.5. The van der Waals surface area contributed by atoms with E-state index in [1.165, 1.54) is 12.0 Å². The van der Waals surface area contributed by atoms with Crippen LogP contribution in [0.4, 0.5) is 5.69 Å². The number of furan rings is 1. The number of ketones is 1. The van der Waals surface area contributed by atoms with Crippen LogP contribution in [0.3, 0.4) is 0 Å². The quantitative estimate of drug-likeness (QED) is 0.414. The van der Waals surface area contributed by atoms with E-state index in [1.807, 2.05) is 49.4 Å². The Morgan fingerprint density at radius 3 is 2.45 bits per heavy atom. The van der Waals surface area contributed by atoms with Crippen molar-refractivity contribution in [1.82, 2.24) is 0 Å². The zero-order valence-corrected chi connectivity index (χ0v) is 18.1. The van der Waals surface area contributed by atoms with Gasteiger partial charge >= 0.3 is 0 Å². The van der Waals surface area contributed by atoms with E-state index in [9.17, 15) is 14.7 Å². The summed E-state index contributed by atoms with van der Waals surface area (Å²) in [5.41, 5.74) is 2.51. The van der Waals surface area contributed by atoms with Gasteiger partial charge in [-0.15, -0.1) is 0 Å². The maximum absolute atomic E-state index is 13.7. The van der Waals surface area contributed by atoms with Crippen LogP contribution in [-0.2, 0) is 4.79 Å². The minimum atomic E-state index is -0.893. The largest absolute Gasteiger partial charge is 0.503 e. The Balaban J connectivity index is 1.71. The lowest BCUT2D eigenvalue weighted by Crippen LogP contribution is -2.31. The number of aliphatic hydroxyl groups excluding tert-OH is 1. The molecule has 33 heavy (non-hydrogen) atoms. The molecule has 0 saturated heterocycles. The first kappa shape index (κ1) is 20.6. The van der Waals surface area contributed by atoms with Gasteiger partial charge in [0.1, 0.15) is 11.3 Å². The molecule has 6 heteroatoms. The highest BCUT2D eigenvalue weighted by Gasteiger charge is 2.46. The predicted octanol–water partition coefficient (Wildman–Crippen LogP) is 5.53. The van der Waals surface area contributed by atoms with Gasteiger partial charge in [-0.3, -0.25) is 14.5 Å². The van der Waals surface area contributed by atoms with E-state index in [2.05, 4.69) is 0 Å². The molecule has 1 aliphatic heterocycles. The van der Waals surface area contributed by atoms with Crippen molar-refractivity contribution in [3.63, 3.8) is 0 Å². The molecule has 1 aromatic heterocycles. The van der Waals surface area contributed by atoms with E-state index in [0.717, 1.165) is 10.9 Å². The maximum atomic E-state index is 13.7. The van der Waals surface area contributed by atoms with Crippen LogP contribution in [0.1, 0.15) is 27.7 Å². The Kier molecular flexibility index (Phi) is 4.98. The third-order valence-corrected chi connectivity index (χ3v) is 5.91. The summed E-state index contributed by atoms with van der Waals surface area (Å²) in [5.74, 6) is -1.25. The minimum absolute atomic E-state index is 0.0493. The number of aryl methyl sites for hydroxylation is 1. The summed E-state index contributed by atoms with van der Waals surface area (Å²) in [6.45, 7) is 1.87. The molecule has 0 spiro atoms. The molecule has 0 radical (unpaired) electrons. The Morgan fingerprint density at radius 2 is 1.70 bits per heavy atom. The lowest BCUT2D eigenvalue weighted by Gasteiger charge is -2.29. The zero-order chi connectivity index (χ0) is 23.1. The molecule has 0 bridgehead atoms. The molecule has 0 fully saturated rings. The number of benzene rings is 3. The fourth-order valence-electron chi connectivity index (χ4n) is 4.33. The number of aliphatic hydroxyl groups is 1. The third-order valence-electron chi connectivity index (χ3n) is 5.91. The summed E-state index contributed by atoms with van der Waals surface area (Å²) in [5, 5.41) is 11.7. The van der Waals surface area contributed by atoms with E-state index in [0.29, 0.717) is 22.6 Å². The monoisotopic (exact) mass is 439 g/mol. The van der Waals surface area contributed by atoms with Crippen molar-refractivity contribution in [1.29, 1.82) is 0 Å². The highest BCUT2D eigenvalue weighted by atomic mass is 16.5. The Hall–Kier alpha value is -4.32. The van der Waals surface area contributed by atoms with Gasteiger partial charge in [0.15, 0.2) is 11.5 Å². The number of carbonyl (C=O) groups is 2. The van der Waals surface area contributed by atoms with Gasteiger partial charge in [-0.05, 0) is 36.8 Å². The second-order valence-corrected chi connectivity index (χ2v) is 7.85. The lowest BCUT2D eigenvalue weighted by atomic mass is 9.93. The lowest BCUT2D eigenvalue weighted by molar-refractivity contribution is -0.117. The second kappa shape index (κ2) is 7.98. The number of rotatable bonds is 5. The molecular formula is C27H21NO5. The number of anilines is 1. The fourth-order valence-corrected chi connectivity index (χ4v) is 4.33. The smallest absolute Gasteiger partial charge is 0.294 e. The Bertz CT molecular complexity index is 1400. The van der Waals surface area contributed by atoms with E-state index in [-0.39, 0.29) is 11.3 Å². The SMILES string of the molecule is COc1ccccc1C1C(C(=O)c2cc3ccccc3o2)=C(O)C(=O)N1c1ccccc1C. The van der Waals surface area contributed by atoms with Crippen LogP contribution >= 0.6 is 0 Å². The Morgan fingerprint density at radius 1 is 1.00 bits per heavy atom. The molecule has 5 rings (SSSR count). The first-order chi connectivity index (χ1) is 16.0. The topological polar surface area (TPSA) is 80.0 Å². The minimum Gasteiger partial charge on any atom is -0.503 e. The zero-order valence-electron chi connectivity index (χ0n) is 18.1. The van der Waals surface area contributed by atoms with Gasteiger partial charge in [0.05, 0.1) is 18.7 Å². The number of nitrogens with zero attached hydrogens (tertiary/aromatic N) is 1. The van der Waals surface area contributed by atoms with Crippen molar-refractivity contribution in [2.24, 2.45) is 0 Å². The summed E-state index contributed by atoms with van der Waals surface area (Å²) < 4.78 is 11.3. The van der Waals surface area contributed by atoms with Gasteiger partial charge in [0.25, 0.3) is 5.91 Å². The number of carbonyl (C=O) groups excluding carboxylic acids is 2. The first-order valence-corrected chi connectivity index (χ1v) is 10.5. The summed E-state index contributed by atoms with van der Waals surface area (Å²) in [4.78, 5) is 28.5. The summed E-state index contributed by atoms with van der Waals surface area (Å²) >= 11 is 0. The van der Waals surface area contributed by atoms with E-state index in [1.54, 1.807) is 36.4 Å². The van der Waals surface area contributed by atoms with Crippen LogP contribution in [0.2, 0.25) is 0 Å². The van der Waals surface area contributed by atoms with E-state index >= 15 is 0 Å². The van der Waals surface area contributed by atoms with Crippen LogP contribution in [0.15, 0.2) is 94.6 Å². The summed E-state index contributed by atoms with van der Waals surface area (Å²) in [6.07, 6.45) is 0. The van der Waals surface area contributed by atoms with Crippen molar-refractivity contribution >= 4 is 28.3 Å². The van der Waals surface area contributed by atoms with Gasteiger partial charge in [0.2, 0.25) is 5.78 Å². The average Bonchev–Trinajstić information content (AvgIpc) is 3.38. The number of fused-ring (bicyclic) bond motifs is 1. The molecule has 1 aliphatic rings. The molecular weight excluding hydrogens is 418 g/mol. The van der Waals surface area contributed by atoms with Crippen molar-refractivity contribution in [3.8, 4) is 5.75 Å². The van der Waals surface area contributed by atoms with Crippen LogP contribution < -0.4 is 9.64 Å². The molecule has 2 heterocycles. The first-order valence-electron chi connectivity index (χ1n) is 10.5. The number of methoxy groups -OCH3 is 1. The number of amides is 1. The van der Waals surface area contributed by atoms with Crippen LogP contribution in [0.25, 0.3) is 11.0 Å². The number of hydrogen-bond donors (Lipinski definition) is 1. The van der Waals surface area contributed by atoms with Crippen LogP contribution in [-0.4, -0.2) is 23.9 Å². The standard InChI is InChI=1S/C27H21NO5/c1-16-9-3-6-12-19(16)28-24(18-11-5-8-14-21(18)32-2)23(26(30)27(28)31)25(29)22-15-17-10-4-7-13-20(17)33-22/h3-15,24,30H,1-2H3. The van der Waals surface area contributed by atoms with Crippen LogP contribution in [0.5, 0.6) is 5.75 Å². The molecule has 0 aliphatic carbocycles. The molecule has 1 atom stereocenters. The molecule has 1 amide bonds. The highest BCUT2D eigenvalue weighted by Crippen LogP contribution is 2.45.